The van der Waals surface area contributed by atoms with Crippen molar-refractivity contribution < 1.29 is 9.84 Å². The quantitative estimate of drug-likeness (QED) is 0.826. The zero-order valence-electron chi connectivity index (χ0n) is 14.1. The number of nitrogens with zero attached hydrogens (tertiary/aromatic N) is 2. The third-order valence-corrected chi connectivity index (χ3v) is 5.19. The van der Waals surface area contributed by atoms with Crippen LogP contribution in [0.2, 0.25) is 5.02 Å². The van der Waals surface area contributed by atoms with E-state index in [9.17, 15) is 5.11 Å². The van der Waals surface area contributed by atoms with Crippen molar-refractivity contribution in [3.05, 3.63) is 58.6 Å². The molecule has 0 saturated carbocycles. The van der Waals surface area contributed by atoms with E-state index in [4.69, 9.17) is 28.6 Å². The van der Waals surface area contributed by atoms with E-state index in [-0.39, 0.29) is 10.8 Å². The van der Waals surface area contributed by atoms with Crippen LogP contribution in [0.1, 0.15) is 11.1 Å². The molecular weight excluding hydrogens is 356 g/mol. The van der Waals surface area contributed by atoms with E-state index in [1.807, 2.05) is 6.07 Å². The molecule has 2 aromatic carbocycles. The summed E-state index contributed by atoms with van der Waals surface area (Å²) in [6.45, 7) is 4.61. The fraction of sp³-hybridized carbons (Fsp3) is 0.316. The largest absolute Gasteiger partial charge is 0.503 e. The van der Waals surface area contributed by atoms with Crippen LogP contribution in [0.25, 0.3) is 0 Å². The first-order chi connectivity index (χ1) is 12.1. The summed E-state index contributed by atoms with van der Waals surface area (Å²) in [4.78, 5) is 5.34. The number of hydrogen-bond acceptors (Lipinski definition) is 4. The Bertz CT molecular complexity index is 747. The summed E-state index contributed by atoms with van der Waals surface area (Å²) < 4.78 is 5.17. The fourth-order valence-electron chi connectivity index (χ4n) is 2.99. The molecule has 0 radical (unpaired) electrons. The minimum atomic E-state index is -0.0524. The summed E-state index contributed by atoms with van der Waals surface area (Å²) in [5.41, 5.74) is 2.12. The Labute approximate surface area is 158 Å². The van der Waals surface area contributed by atoms with Gasteiger partial charge in [-0.05, 0) is 17.7 Å². The van der Waals surface area contributed by atoms with E-state index < -0.39 is 0 Å². The molecule has 6 heteroatoms. The summed E-state index contributed by atoms with van der Waals surface area (Å²) in [6.07, 6.45) is 0. The molecule has 132 valence electrons. The normalized spacial score (nSPS) is 15.2. The van der Waals surface area contributed by atoms with Crippen molar-refractivity contribution in [2.75, 3.05) is 33.3 Å². The summed E-state index contributed by atoms with van der Waals surface area (Å²) >= 11 is 11.7. The van der Waals surface area contributed by atoms with E-state index in [1.54, 1.807) is 12.1 Å². The summed E-state index contributed by atoms with van der Waals surface area (Å²) in [6, 6.07) is 13.9. The molecule has 0 spiro atoms. The predicted octanol–water partition coefficient (Wildman–Crippen LogP) is 3.55. The van der Waals surface area contributed by atoms with Gasteiger partial charge in [-0.2, -0.15) is 0 Å². The number of benzene rings is 2. The predicted molar refractivity (Wildman–Crippen MR) is 105 cm³/mol. The molecule has 1 N–H and O–H groups in total. The lowest BCUT2D eigenvalue weighted by atomic mass is 10.1. The Hall–Kier alpha value is -1.82. The first kappa shape index (κ1) is 18.0. The van der Waals surface area contributed by atoms with Crippen LogP contribution in [-0.4, -0.2) is 53.2 Å². The molecule has 1 heterocycles. The number of aromatic hydroxyl groups is 1. The third-order valence-electron chi connectivity index (χ3n) is 4.40. The van der Waals surface area contributed by atoms with Crippen LogP contribution in [-0.2, 0) is 6.54 Å². The average Bonchev–Trinajstić information content (AvgIpc) is 2.65. The van der Waals surface area contributed by atoms with Crippen molar-refractivity contribution >= 4 is 28.8 Å². The lowest BCUT2D eigenvalue weighted by molar-refractivity contribution is 0.177. The van der Waals surface area contributed by atoms with Gasteiger partial charge in [0.2, 0.25) is 0 Å². The summed E-state index contributed by atoms with van der Waals surface area (Å²) in [7, 11) is 1.50. The number of halogens is 1. The average molecular weight is 377 g/mol. The van der Waals surface area contributed by atoms with E-state index in [1.165, 1.54) is 12.7 Å². The molecule has 0 aliphatic carbocycles. The number of piperazine rings is 1. The first-order valence-electron chi connectivity index (χ1n) is 8.20. The third kappa shape index (κ3) is 4.24. The summed E-state index contributed by atoms with van der Waals surface area (Å²) in [5, 5.41) is 10.1. The van der Waals surface area contributed by atoms with Gasteiger partial charge in [0.25, 0.3) is 0 Å². The number of thiocarbonyl (C=S) groups is 1. The van der Waals surface area contributed by atoms with Gasteiger partial charge < -0.3 is 14.7 Å². The van der Waals surface area contributed by atoms with Gasteiger partial charge in [0.1, 0.15) is 4.99 Å². The van der Waals surface area contributed by atoms with Gasteiger partial charge in [-0.3, -0.25) is 4.90 Å². The van der Waals surface area contributed by atoms with E-state index >= 15 is 0 Å². The SMILES string of the molecule is COc1cc(C(=S)N2CCN(Cc3ccccc3)CC2)cc(Cl)c1O. The minimum absolute atomic E-state index is 0.0524. The Morgan fingerprint density at radius 1 is 1.16 bits per heavy atom. The molecule has 2 aromatic rings. The molecule has 1 saturated heterocycles. The molecule has 0 aromatic heterocycles. The second-order valence-electron chi connectivity index (χ2n) is 6.06. The monoisotopic (exact) mass is 376 g/mol. The maximum atomic E-state index is 9.87. The van der Waals surface area contributed by atoms with Gasteiger partial charge in [0, 0.05) is 38.3 Å². The van der Waals surface area contributed by atoms with Gasteiger partial charge >= 0.3 is 0 Å². The lowest BCUT2D eigenvalue weighted by Crippen LogP contribution is -2.48. The molecular formula is C19H21ClN2O2S. The van der Waals surface area contributed by atoms with Crippen molar-refractivity contribution in [2.45, 2.75) is 6.54 Å². The fourth-order valence-corrected chi connectivity index (χ4v) is 3.50. The minimum Gasteiger partial charge on any atom is -0.503 e. The number of hydrogen-bond donors (Lipinski definition) is 1. The second kappa shape index (κ2) is 8.04. The molecule has 3 rings (SSSR count). The van der Waals surface area contributed by atoms with Gasteiger partial charge in [-0.25, -0.2) is 0 Å². The number of phenols is 1. The molecule has 1 aliphatic heterocycles. The van der Waals surface area contributed by atoms with Crippen LogP contribution in [0.3, 0.4) is 0 Å². The topological polar surface area (TPSA) is 35.9 Å². The van der Waals surface area contributed by atoms with E-state index in [0.717, 1.165) is 43.3 Å². The standard InChI is InChI=1S/C19H21ClN2O2S/c1-24-17-12-15(11-16(20)18(17)23)19(25)22-9-7-21(8-10-22)13-14-5-3-2-4-6-14/h2-6,11-12,23H,7-10,13H2,1H3. The zero-order chi connectivity index (χ0) is 17.8. The molecule has 0 bridgehead atoms. The van der Waals surface area contributed by atoms with Gasteiger partial charge in [0.15, 0.2) is 11.5 Å². The summed E-state index contributed by atoms with van der Waals surface area (Å²) in [5.74, 6) is 0.288. The van der Waals surface area contributed by atoms with Crippen molar-refractivity contribution in [1.82, 2.24) is 9.80 Å². The van der Waals surface area contributed by atoms with Crippen molar-refractivity contribution in [3.8, 4) is 11.5 Å². The second-order valence-corrected chi connectivity index (χ2v) is 6.86. The maximum absolute atomic E-state index is 9.87. The van der Waals surface area contributed by atoms with Crippen LogP contribution in [0.5, 0.6) is 11.5 Å². The van der Waals surface area contributed by atoms with Crippen LogP contribution < -0.4 is 4.74 Å². The highest BCUT2D eigenvalue weighted by molar-refractivity contribution is 7.80. The molecule has 1 aliphatic rings. The number of phenolic OH excluding ortho intramolecular Hbond substituents is 1. The molecule has 0 atom stereocenters. The highest BCUT2D eigenvalue weighted by Crippen LogP contribution is 2.35. The van der Waals surface area contributed by atoms with E-state index in [0.29, 0.717) is 5.75 Å². The van der Waals surface area contributed by atoms with Crippen LogP contribution in [0, 0.1) is 0 Å². The number of methoxy groups -OCH3 is 1. The number of ether oxygens (including phenoxy) is 1. The first-order valence-corrected chi connectivity index (χ1v) is 8.99. The molecule has 0 amide bonds. The van der Waals surface area contributed by atoms with Gasteiger partial charge in [-0.1, -0.05) is 54.2 Å². The van der Waals surface area contributed by atoms with Crippen LogP contribution >= 0.6 is 23.8 Å². The molecule has 1 fully saturated rings. The van der Waals surface area contributed by atoms with Crippen LogP contribution in [0.15, 0.2) is 42.5 Å². The van der Waals surface area contributed by atoms with Crippen molar-refractivity contribution in [2.24, 2.45) is 0 Å². The van der Waals surface area contributed by atoms with Gasteiger partial charge in [-0.15, -0.1) is 0 Å². The molecule has 0 unspecified atom stereocenters. The molecule has 25 heavy (non-hydrogen) atoms. The number of rotatable bonds is 4. The van der Waals surface area contributed by atoms with Gasteiger partial charge in [0.05, 0.1) is 12.1 Å². The Morgan fingerprint density at radius 2 is 1.84 bits per heavy atom. The lowest BCUT2D eigenvalue weighted by Gasteiger charge is -2.36. The van der Waals surface area contributed by atoms with Crippen molar-refractivity contribution in [3.63, 3.8) is 0 Å². The maximum Gasteiger partial charge on any atom is 0.176 e. The van der Waals surface area contributed by atoms with Crippen LogP contribution in [0.4, 0.5) is 0 Å². The Balaban J connectivity index is 1.63. The highest BCUT2D eigenvalue weighted by Gasteiger charge is 2.21. The zero-order valence-corrected chi connectivity index (χ0v) is 15.7. The smallest absolute Gasteiger partial charge is 0.176 e. The molecule has 4 nitrogen and oxygen atoms in total. The highest BCUT2D eigenvalue weighted by atomic mass is 35.5. The van der Waals surface area contributed by atoms with Crippen molar-refractivity contribution in [1.29, 1.82) is 0 Å². The Kier molecular flexibility index (Phi) is 5.78. The van der Waals surface area contributed by atoms with E-state index in [2.05, 4.69) is 34.1 Å². The Morgan fingerprint density at radius 3 is 2.48 bits per heavy atom.